The lowest BCUT2D eigenvalue weighted by Gasteiger charge is -2.11. The lowest BCUT2D eigenvalue weighted by atomic mass is 10.1. The Morgan fingerprint density at radius 3 is 2.55 bits per heavy atom. The van der Waals surface area contributed by atoms with Crippen LogP contribution < -0.4 is 14.2 Å². The highest BCUT2D eigenvalue weighted by molar-refractivity contribution is 5.52. The highest BCUT2D eigenvalue weighted by atomic mass is 16.5. The van der Waals surface area contributed by atoms with E-state index in [1.165, 1.54) is 0 Å². The summed E-state index contributed by atoms with van der Waals surface area (Å²) < 4.78 is 18.1. The molecule has 9 heteroatoms. The van der Waals surface area contributed by atoms with Gasteiger partial charge in [0, 0.05) is 37.8 Å². The van der Waals surface area contributed by atoms with Crippen molar-refractivity contribution in [1.82, 2.24) is 29.7 Å². The fourth-order valence-corrected chi connectivity index (χ4v) is 2.96. The summed E-state index contributed by atoms with van der Waals surface area (Å²) in [6.45, 7) is 0.271. The summed E-state index contributed by atoms with van der Waals surface area (Å²) in [7, 11) is 5.05. The van der Waals surface area contributed by atoms with Gasteiger partial charge in [-0.05, 0) is 29.8 Å². The summed E-state index contributed by atoms with van der Waals surface area (Å²) in [6.07, 6.45) is 9.36. The van der Waals surface area contributed by atoms with Crippen LogP contribution in [0.4, 0.5) is 0 Å². The van der Waals surface area contributed by atoms with Gasteiger partial charge >= 0.3 is 0 Å². The van der Waals surface area contributed by atoms with Crippen LogP contribution in [0.1, 0.15) is 17.0 Å². The second-order valence-corrected chi connectivity index (χ2v) is 6.78. The van der Waals surface area contributed by atoms with Crippen LogP contribution in [0.2, 0.25) is 0 Å². The third kappa shape index (κ3) is 4.95. The Morgan fingerprint density at radius 1 is 0.935 bits per heavy atom. The number of hydrogen-bond acceptors (Lipinski definition) is 8. The van der Waals surface area contributed by atoms with Gasteiger partial charge in [-0.25, -0.2) is 15.0 Å². The molecular weight excluding hydrogens is 396 g/mol. The monoisotopic (exact) mass is 418 g/mol. The Hall–Kier alpha value is -4.01. The van der Waals surface area contributed by atoms with Crippen molar-refractivity contribution in [3.05, 3.63) is 72.2 Å². The minimum atomic E-state index is 0.271. The molecule has 0 aliphatic carbocycles. The molecule has 158 valence electrons. The maximum atomic E-state index is 5.80. The van der Waals surface area contributed by atoms with E-state index in [2.05, 4.69) is 25.0 Å². The largest absolute Gasteiger partial charge is 0.495 e. The summed E-state index contributed by atoms with van der Waals surface area (Å²) in [5, 5.41) is 4.17. The van der Waals surface area contributed by atoms with Gasteiger partial charge in [-0.15, -0.1) is 0 Å². The standard InChI is InChI=1S/C22H22N6O3/c1-28-13-16(11-26-28)21-23-7-6-17(27-21)8-15-9-20(30-3)22(25-10-15)31-14-18-4-5-19(29-2)12-24-18/h4-7,9-13H,8,14H2,1-3H3. The fraction of sp³-hybridized carbons (Fsp3) is 0.227. The Morgan fingerprint density at radius 2 is 1.84 bits per heavy atom. The topological polar surface area (TPSA) is 97.1 Å². The zero-order chi connectivity index (χ0) is 21.6. The molecule has 0 fully saturated rings. The van der Waals surface area contributed by atoms with Crippen molar-refractivity contribution in [2.45, 2.75) is 13.0 Å². The smallest absolute Gasteiger partial charge is 0.257 e. The summed E-state index contributed by atoms with van der Waals surface area (Å²) in [4.78, 5) is 17.7. The Labute approximate surface area is 179 Å². The van der Waals surface area contributed by atoms with Gasteiger partial charge in [-0.1, -0.05) is 0 Å². The third-order valence-corrected chi connectivity index (χ3v) is 4.55. The van der Waals surface area contributed by atoms with E-state index in [4.69, 9.17) is 14.2 Å². The molecule has 0 N–H and O–H groups in total. The van der Waals surface area contributed by atoms with E-state index in [0.29, 0.717) is 29.6 Å². The molecule has 4 aromatic rings. The number of aryl methyl sites for hydroxylation is 1. The molecule has 9 nitrogen and oxygen atoms in total. The number of methoxy groups -OCH3 is 2. The second-order valence-electron chi connectivity index (χ2n) is 6.78. The predicted octanol–water partition coefficient (Wildman–Crippen LogP) is 2.85. The van der Waals surface area contributed by atoms with Crippen LogP contribution in [0.15, 0.2) is 55.2 Å². The molecule has 4 aromatic heterocycles. The summed E-state index contributed by atoms with van der Waals surface area (Å²) in [5.41, 5.74) is 3.45. The van der Waals surface area contributed by atoms with Crippen LogP contribution in [-0.2, 0) is 20.1 Å². The molecule has 0 spiro atoms. The molecule has 0 aromatic carbocycles. The van der Waals surface area contributed by atoms with Gasteiger partial charge in [-0.2, -0.15) is 5.10 Å². The van der Waals surface area contributed by atoms with Crippen molar-refractivity contribution in [2.24, 2.45) is 7.05 Å². The van der Waals surface area contributed by atoms with Gasteiger partial charge in [-0.3, -0.25) is 9.67 Å². The first-order valence-corrected chi connectivity index (χ1v) is 9.60. The quantitative estimate of drug-likeness (QED) is 0.431. The van der Waals surface area contributed by atoms with E-state index in [0.717, 1.165) is 22.5 Å². The lowest BCUT2D eigenvalue weighted by Crippen LogP contribution is -2.03. The predicted molar refractivity (Wildman–Crippen MR) is 113 cm³/mol. The van der Waals surface area contributed by atoms with Gasteiger partial charge in [0.1, 0.15) is 12.4 Å². The second kappa shape index (κ2) is 9.21. The van der Waals surface area contributed by atoms with Crippen LogP contribution in [0, 0.1) is 0 Å². The highest BCUT2D eigenvalue weighted by Crippen LogP contribution is 2.27. The van der Waals surface area contributed by atoms with Gasteiger partial charge < -0.3 is 14.2 Å². The van der Waals surface area contributed by atoms with E-state index >= 15 is 0 Å². The van der Waals surface area contributed by atoms with Gasteiger partial charge in [0.2, 0.25) is 0 Å². The molecular formula is C22H22N6O3. The molecule has 0 unspecified atom stereocenters. The minimum absolute atomic E-state index is 0.271. The summed E-state index contributed by atoms with van der Waals surface area (Å²) >= 11 is 0. The SMILES string of the molecule is COc1ccc(COc2ncc(Cc3ccnc(-c4cnn(C)c4)n3)cc2OC)nc1. The molecule has 0 saturated heterocycles. The van der Waals surface area contributed by atoms with E-state index in [1.807, 2.05) is 37.5 Å². The molecule has 0 aliphatic rings. The number of aromatic nitrogens is 6. The van der Waals surface area contributed by atoms with Crippen LogP contribution in [-0.4, -0.2) is 43.9 Å². The molecule has 4 heterocycles. The number of nitrogens with zero attached hydrogens (tertiary/aromatic N) is 6. The van der Waals surface area contributed by atoms with Crippen LogP contribution in [0.3, 0.4) is 0 Å². The first-order valence-electron chi connectivity index (χ1n) is 9.60. The zero-order valence-electron chi connectivity index (χ0n) is 17.5. The highest BCUT2D eigenvalue weighted by Gasteiger charge is 2.11. The molecule has 31 heavy (non-hydrogen) atoms. The summed E-state index contributed by atoms with van der Waals surface area (Å²) in [6, 6.07) is 7.46. The van der Waals surface area contributed by atoms with Crippen molar-refractivity contribution < 1.29 is 14.2 Å². The maximum Gasteiger partial charge on any atom is 0.257 e. The van der Waals surface area contributed by atoms with Gasteiger partial charge in [0.25, 0.3) is 5.88 Å². The van der Waals surface area contributed by atoms with Crippen molar-refractivity contribution in [1.29, 1.82) is 0 Å². The molecule has 0 bridgehead atoms. The lowest BCUT2D eigenvalue weighted by molar-refractivity contribution is 0.268. The minimum Gasteiger partial charge on any atom is -0.495 e. The molecule has 0 aliphatic heterocycles. The summed E-state index contributed by atoms with van der Waals surface area (Å²) in [5.74, 6) is 2.29. The molecule has 0 atom stereocenters. The van der Waals surface area contributed by atoms with Crippen molar-refractivity contribution >= 4 is 0 Å². The van der Waals surface area contributed by atoms with E-state index < -0.39 is 0 Å². The average molecular weight is 418 g/mol. The van der Waals surface area contributed by atoms with Crippen molar-refractivity contribution in [2.75, 3.05) is 14.2 Å². The van der Waals surface area contributed by atoms with E-state index in [1.54, 1.807) is 43.7 Å². The Bertz CT molecular complexity index is 1160. The third-order valence-electron chi connectivity index (χ3n) is 4.55. The molecule has 0 saturated carbocycles. The number of ether oxygens (including phenoxy) is 3. The van der Waals surface area contributed by atoms with Gasteiger partial charge in [0.05, 0.1) is 37.9 Å². The van der Waals surface area contributed by atoms with Gasteiger partial charge in [0.15, 0.2) is 11.6 Å². The zero-order valence-corrected chi connectivity index (χ0v) is 17.5. The Balaban J connectivity index is 1.46. The first-order chi connectivity index (χ1) is 15.1. The molecule has 0 amide bonds. The van der Waals surface area contributed by atoms with E-state index in [9.17, 15) is 0 Å². The van der Waals surface area contributed by atoms with Crippen molar-refractivity contribution in [3.8, 4) is 28.8 Å². The van der Waals surface area contributed by atoms with Crippen molar-refractivity contribution in [3.63, 3.8) is 0 Å². The van der Waals surface area contributed by atoms with Crippen LogP contribution >= 0.6 is 0 Å². The first kappa shape index (κ1) is 20.3. The molecule has 0 radical (unpaired) electrons. The Kier molecular flexibility index (Phi) is 6.02. The van der Waals surface area contributed by atoms with Crippen LogP contribution in [0.25, 0.3) is 11.4 Å². The number of hydrogen-bond donors (Lipinski definition) is 0. The van der Waals surface area contributed by atoms with Crippen LogP contribution in [0.5, 0.6) is 17.4 Å². The molecule has 4 rings (SSSR count). The normalized spacial score (nSPS) is 10.7. The number of rotatable bonds is 8. The average Bonchev–Trinajstić information content (AvgIpc) is 3.25. The maximum absolute atomic E-state index is 5.80. The fourth-order valence-electron chi connectivity index (χ4n) is 2.96. The number of pyridine rings is 2. The van der Waals surface area contributed by atoms with E-state index in [-0.39, 0.29) is 6.61 Å².